The van der Waals surface area contributed by atoms with Crippen molar-refractivity contribution in [1.82, 2.24) is 0 Å². The van der Waals surface area contributed by atoms with Crippen LogP contribution in [0.1, 0.15) is 35.7 Å². The predicted octanol–water partition coefficient (Wildman–Crippen LogP) is 3.12. The molecule has 2 N–H and O–H groups in total. The number of hydrogen-bond donors (Lipinski definition) is 2. The van der Waals surface area contributed by atoms with Crippen molar-refractivity contribution in [3.05, 3.63) is 53.6 Å². The van der Waals surface area contributed by atoms with Crippen LogP contribution in [0.15, 0.2) is 47.4 Å². The molecule has 1 amide bonds. The van der Waals surface area contributed by atoms with Gasteiger partial charge < -0.3 is 14.8 Å². The third-order valence-electron chi connectivity index (χ3n) is 4.53. The zero-order valence-electron chi connectivity index (χ0n) is 17.0. The molecule has 0 heterocycles. The van der Waals surface area contributed by atoms with Gasteiger partial charge in [-0.3, -0.25) is 14.1 Å². The first-order chi connectivity index (χ1) is 14.1. The summed E-state index contributed by atoms with van der Waals surface area (Å²) >= 11 is 0. The van der Waals surface area contributed by atoms with Crippen LogP contribution in [0.25, 0.3) is 0 Å². The predicted molar refractivity (Wildman–Crippen MR) is 112 cm³/mol. The maximum absolute atomic E-state index is 12.5. The van der Waals surface area contributed by atoms with Crippen LogP contribution >= 0.6 is 0 Å². The summed E-state index contributed by atoms with van der Waals surface area (Å²) in [5.74, 6) is -0.233. The Bertz CT molecular complexity index is 1000. The second kappa shape index (κ2) is 10.3. The molecule has 30 heavy (non-hydrogen) atoms. The minimum atomic E-state index is -4.56. The third kappa shape index (κ3) is 6.65. The lowest BCUT2D eigenvalue weighted by atomic mass is 10.0. The van der Waals surface area contributed by atoms with Crippen LogP contribution in [0.5, 0.6) is 5.75 Å². The number of methoxy groups -OCH3 is 2. The highest BCUT2D eigenvalue weighted by Crippen LogP contribution is 2.26. The van der Waals surface area contributed by atoms with Crippen LogP contribution in [0.3, 0.4) is 0 Å². The van der Waals surface area contributed by atoms with E-state index in [0.717, 1.165) is 11.6 Å². The third-order valence-corrected chi connectivity index (χ3v) is 5.43. The van der Waals surface area contributed by atoms with E-state index in [1.54, 1.807) is 31.4 Å². The molecule has 2 aromatic rings. The van der Waals surface area contributed by atoms with E-state index in [1.807, 2.05) is 0 Å². The van der Waals surface area contributed by atoms with E-state index in [-0.39, 0.29) is 23.3 Å². The first-order valence-corrected chi connectivity index (χ1v) is 10.7. The fourth-order valence-corrected chi connectivity index (χ4v) is 3.58. The van der Waals surface area contributed by atoms with Gasteiger partial charge in [0.2, 0.25) is 0 Å². The Morgan fingerprint density at radius 2 is 1.77 bits per heavy atom. The summed E-state index contributed by atoms with van der Waals surface area (Å²) in [4.78, 5) is 23.3. The Labute approximate surface area is 176 Å². The van der Waals surface area contributed by atoms with Crippen molar-refractivity contribution in [1.29, 1.82) is 0 Å². The molecule has 0 aromatic heterocycles. The number of carbonyl (C=O) groups is 2. The summed E-state index contributed by atoms with van der Waals surface area (Å²) in [6.45, 7) is 1.52. The van der Waals surface area contributed by atoms with Crippen molar-refractivity contribution in [3.63, 3.8) is 0 Å². The lowest BCUT2D eigenvalue weighted by Crippen LogP contribution is -2.16. The molecule has 162 valence electrons. The number of amides is 1. The van der Waals surface area contributed by atoms with Crippen LogP contribution in [0.2, 0.25) is 0 Å². The van der Waals surface area contributed by atoms with Gasteiger partial charge >= 0.3 is 0 Å². The van der Waals surface area contributed by atoms with Gasteiger partial charge in [0.1, 0.15) is 16.4 Å². The van der Waals surface area contributed by atoms with E-state index in [0.29, 0.717) is 24.8 Å². The van der Waals surface area contributed by atoms with E-state index in [1.165, 1.54) is 26.2 Å². The molecule has 0 bridgehead atoms. The van der Waals surface area contributed by atoms with Crippen LogP contribution < -0.4 is 10.1 Å². The molecule has 0 saturated carbocycles. The molecule has 2 aromatic carbocycles. The smallest absolute Gasteiger partial charge is 0.296 e. The number of aryl methyl sites for hydroxylation is 1. The molecule has 9 heteroatoms. The first-order valence-electron chi connectivity index (χ1n) is 9.22. The molecule has 1 unspecified atom stereocenters. The molecule has 0 radical (unpaired) electrons. The molecule has 0 fully saturated rings. The average molecular weight is 435 g/mol. The summed E-state index contributed by atoms with van der Waals surface area (Å²) in [5, 5.41) is 2.49. The minimum Gasteiger partial charge on any atom is -0.497 e. The van der Waals surface area contributed by atoms with Crippen molar-refractivity contribution in [2.75, 3.05) is 19.5 Å². The number of ketones is 1. The van der Waals surface area contributed by atoms with Gasteiger partial charge in [0.25, 0.3) is 16.0 Å². The van der Waals surface area contributed by atoms with Crippen molar-refractivity contribution >= 4 is 27.5 Å². The highest BCUT2D eigenvalue weighted by atomic mass is 32.2. The molecule has 0 aliphatic rings. The topological polar surface area (TPSA) is 119 Å². The molecule has 0 saturated heterocycles. The van der Waals surface area contributed by atoms with Crippen molar-refractivity contribution < 1.29 is 32.0 Å². The molecule has 1 atom stereocenters. The minimum absolute atomic E-state index is 0.0560. The molecule has 8 nitrogen and oxygen atoms in total. The van der Waals surface area contributed by atoms with Gasteiger partial charge in [0.05, 0.1) is 18.9 Å². The van der Waals surface area contributed by atoms with Gasteiger partial charge in [-0.15, -0.1) is 0 Å². The number of Topliss-reactive ketones (excluding diaryl/α,β-unsaturated/α-hetero) is 1. The summed E-state index contributed by atoms with van der Waals surface area (Å²) in [5.41, 5.74) is 1.24. The number of benzene rings is 2. The quantitative estimate of drug-likeness (QED) is 0.550. The number of ether oxygens (including phenoxy) is 2. The second-order valence-corrected chi connectivity index (χ2v) is 8.18. The van der Waals surface area contributed by atoms with E-state index < -0.39 is 20.9 Å². The largest absolute Gasteiger partial charge is 0.497 e. The summed E-state index contributed by atoms with van der Waals surface area (Å²) in [7, 11) is -1.63. The number of hydrogen-bond acceptors (Lipinski definition) is 6. The Morgan fingerprint density at radius 3 is 2.30 bits per heavy atom. The Balaban J connectivity index is 2.09. The Kier molecular flexibility index (Phi) is 8.10. The maximum atomic E-state index is 12.5. The van der Waals surface area contributed by atoms with Gasteiger partial charge in [-0.1, -0.05) is 12.1 Å². The Morgan fingerprint density at radius 1 is 1.10 bits per heavy atom. The normalized spacial score (nSPS) is 12.3. The van der Waals surface area contributed by atoms with E-state index in [2.05, 4.69) is 5.32 Å². The summed E-state index contributed by atoms with van der Waals surface area (Å²) in [6, 6.07) is 10.7. The monoisotopic (exact) mass is 435 g/mol. The maximum Gasteiger partial charge on any atom is 0.296 e. The van der Waals surface area contributed by atoms with Crippen molar-refractivity contribution in [2.24, 2.45) is 0 Å². The van der Waals surface area contributed by atoms with Gasteiger partial charge in [-0.05, 0) is 49.6 Å². The fraction of sp³-hybridized carbons (Fsp3) is 0.333. The van der Waals surface area contributed by atoms with Gasteiger partial charge in [0, 0.05) is 25.2 Å². The van der Waals surface area contributed by atoms with Crippen molar-refractivity contribution in [2.45, 2.75) is 37.2 Å². The van der Waals surface area contributed by atoms with Crippen LogP contribution in [-0.4, -0.2) is 45.0 Å². The molecular formula is C21H25NO7S. The van der Waals surface area contributed by atoms with Crippen LogP contribution in [0, 0.1) is 0 Å². The number of anilines is 1. The van der Waals surface area contributed by atoms with Crippen LogP contribution in [0.4, 0.5) is 5.69 Å². The molecule has 0 aliphatic carbocycles. The Hall–Kier alpha value is -2.75. The molecular weight excluding hydrogens is 410 g/mol. The van der Waals surface area contributed by atoms with Gasteiger partial charge in [-0.2, -0.15) is 8.42 Å². The van der Waals surface area contributed by atoms with E-state index >= 15 is 0 Å². The molecule has 2 rings (SSSR count). The standard InChI is InChI=1S/C21H25NO7S/c1-14(23)12-17(28-2)9-6-15-4-7-16(8-5-15)21(24)22-19-11-10-18(29-3)13-20(19)30(25,26)27/h4-5,7-8,10-11,13,17H,6,9,12H2,1-3H3,(H,22,24)(H,25,26,27). The van der Waals surface area contributed by atoms with Crippen LogP contribution in [-0.2, 0) is 26.1 Å². The van der Waals surface area contributed by atoms with Gasteiger partial charge in [-0.25, -0.2) is 0 Å². The zero-order valence-corrected chi connectivity index (χ0v) is 17.9. The lowest BCUT2D eigenvalue weighted by molar-refractivity contribution is -0.119. The zero-order chi connectivity index (χ0) is 22.3. The lowest BCUT2D eigenvalue weighted by Gasteiger charge is -2.14. The van der Waals surface area contributed by atoms with E-state index in [4.69, 9.17) is 9.47 Å². The fourth-order valence-electron chi connectivity index (χ4n) is 2.92. The summed E-state index contributed by atoms with van der Waals surface area (Å²) < 4.78 is 42.9. The highest BCUT2D eigenvalue weighted by molar-refractivity contribution is 7.86. The average Bonchev–Trinajstić information content (AvgIpc) is 2.70. The van der Waals surface area contributed by atoms with Crippen molar-refractivity contribution in [3.8, 4) is 5.75 Å². The highest BCUT2D eigenvalue weighted by Gasteiger charge is 2.19. The first kappa shape index (κ1) is 23.5. The molecule has 0 spiro atoms. The number of rotatable bonds is 10. The second-order valence-electron chi connectivity index (χ2n) is 6.79. The number of nitrogens with one attached hydrogen (secondary N) is 1. The van der Waals surface area contributed by atoms with E-state index in [9.17, 15) is 22.6 Å². The number of carbonyl (C=O) groups excluding carboxylic acids is 2. The summed E-state index contributed by atoms with van der Waals surface area (Å²) in [6.07, 6.45) is 1.55. The van der Waals surface area contributed by atoms with Gasteiger partial charge in [0.15, 0.2) is 0 Å². The molecule has 0 aliphatic heterocycles. The SMILES string of the molecule is COc1ccc(NC(=O)c2ccc(CCC(CC(C)=O)OC)cc2)c(S(=O)(=O)O)c1.